The minimum atomic E-state index is -0.201. The van der Waals surface area contributed by atoms with Gasteiger partial charge in [0.15, 0.2) is 12.1 Å². The molecular weight excluding hydrogens is 342 g/mol. The standard InChI is InChI=1S/C21H23N3O3/c1-13(2)20-19(23-12-27-20)21(25)24-18-11-26-10-15(18)9-14-7-8-22-17-6-4-3-5-16(14)17/h3-8,12-13,15,18H,9-11H2,1-2H3,(H,24,25)/t15-,18-/m1/s1. The van der Waals surface area contributed by atoms with Gasteiger partial charge in [0.1, 0.15) is 5.76 Å². The molecule has 1 aliphatic rings. The van der Waals surface area contributed by atoms with Gasteiger partial charge in [0, 0.05) is 23.4 Å². The van der Waals surface area contributed by atoms with Crippen molar-refractivity contribution in [2.24, 2.45) is 5.92 Å². The summed E-state index contributed by atoms with van der Waals surface area (Å²) in [4.78, 5) is 21.2. The van der Waals surface area contributed by atoms with E-state index in [1.54, 1.807) is 0 Å². The Balaban J connectivity index is 1.51. The molecule has 140 valence electrons. The van der Waals surface area contributed by atoms with Crippen molar-refractivity contribution < 1.29 is 13.9 Å². The molecule has 1 saturated heterocycles. The molecule has 0 bridgehead atoms. The molecule has 0 saturated carbocycles. The number of nitrogens with zero attached hydrogens (tertiary/aromatic N) is 2. The molecule has 1 fully saturated rings. The molecular formula is C21H23N3O3. The average molecular weight is 365 g/mol. The highest BCUT2D eigenvalue weighted by atomic mass is 16.5. The van der Waals surface area contributed by atoms with Gasteiger partial charge in [0.05, 0.1) is 24.8 Å². The van der Waals surface area contributed by atoms with Crippen LogP contribution in [-0.4, -0.2) is 35.1 Å². The van der Waals surface area contributed by atoms with Crippen molar-refractivity contribution in [2.75, 3.05) is 13.2 Å². The molecule has 6 heteroatoms. The number of oxazole rings is 1. The molecule has 0 unspecified atom stereocenters. The molecule has 2 atom stereocenters. The number of carbonyl (C=O) groups excluding carboxylic acids is 1. The minimum Gasteiger partial charge on any atom is -0.447 e. The molecule has 1 aliphatic heterocycles. The number of para-hydroxylation sites is 1. The molecule has 1 aromatic carbocycles. The lowest BCUT2D eigenvalue weighted by Gasteiger charge is -2.19. The zero-order valence-corrected chi connectivity index (χ0v) is 15.5. The lowest BCUT2D eigenvalue weighted by atomic mass is 9.93. The Kier molecular flexibility index (Phi) is 4.90. The molecule has 2 aromatic heterocycles. The van der Waals surface area contributed by atoms with Crippen molar-refractivity contribution in [3.05, 3.63) is 59.9 Å². The normalized spacial score (nSPS) is 19.7. The molecule has 3 heterocycles. The number of aromatic nitrogens is 2. The lowest BCUT2D eigenvalue weighted by molar-refractivity contribution is 0.0918. The Morgan fingerprint density at radius 1 is 1.22 bits per heavy atom. The largest absolute Gasteiger partial charge is 0.447 e. The van der Waals surface area contributed by atoms with Crippen LogP contribution in [0.1, 0.15) is 41.6 Å². The van der Waals surface area contributed by atoms with E-state index in [0.29, 0.717) is 24.7 Å². The number of carbonyl (C=O) groups is 1. The van der Waals surface area contributed by atoms with Gasteiger partial charge in [-0.25, -0.2) is 4.98 Å². The fourth-order valence-electron chi connectivity index (χ4n) is 3.65. The van der Waals surface area contributed by atoms with Crippen LogP contribution >= 0.6 is 0 Å². The molecule has 27 heavy (non-hydrogen) atoms. The topological polar surface area (TPSA) is 77.2 Å². The maximum Gasteiger partial charge on any atom is 0.273 e. The van der Waals surface area contributed by atoms with Crippen LogP contribution in [-0.2, 0) is 11.2 Å². The summed E-state index contributed by atoms with van der Waals surface area (Å²) < 4.78 is 11.0. The SMILES string of the molecule is CC(C)c1ocnc1C(=O)N[C@@H]1COC[C@H]1Cc1ccnc2ccccc12. The van der Waals surface area contributed by atoms with Gasteiger partial charge in [-0.15, -0.1) is 0 Å². The van der Waals surface area contributed by atoms with Crippen molar-refractivity contribution in [2.45, 2.75) is 32.2 Å². The van der Waals surface area contributed by atoms with Gasteiger partial charge in [-0.2, -0.15) is 0 Å². The van der Waals surface area contributed by atoms with Crippen molar-refractivity contribution >= 4 is 16.8 Å². The van der Waals surface area contributed by atoms with Gasteiger partial charge in [-0.05, 0) is 24.1 Å². The number of hydrogen-bond donors (Lipinski definition) is 1. The lowest BCUT2D eigenvalue weighted by Crippen LogP contribution is -2.41. The third-order valence-corrected chi connectivity index (χ3v) is 5.07. The van der Waals surface area contributed by atoms with E-state index in [9.17, 15) is 4.79 Å². The highest BCUT2D eigenvalue weighted by Gasteiger charge is 2.31. The van der Waals surface area contributed by atoms with E-state index in [-0.39, 0.29) is 23.8 Å². The third-order valence-electron chi connectivity index (χ3n) is 5.07. The maximum absolute atomic E-state index is 12.7. The quantitative estimate of drug-likeness (QED) is 0.750. The molecule has 0 aliphatic carbocycles. The number of benzene rings is 1. The second-order valence-corrected chi connectivity index (χ2v) is 7.29. The van der Waals surface area contributed by atoms with Gasteiger partial charge >= 0.3 is 0 Å². The Bertz CT molecular complexity index is 945. The molecule has 4 rings (SSSR count). The first-order chi connectivity index (χ1) is 13.1. The fraction of sp³-hybridized carbons (Fsp3) is 0.381. The summed E-state index contributed by atoms with van der Waals surface area (Å²) in [5.74, 6) is 0.719. The van der Waals surface area contributed by atoms with Gasteiger partial charge in [0.25, 0.3) is 5.91 Å². The number of ether oxygens (including phenoxy) is 1. The zero-order chi connectivity index (χ0) is 18.8. The van der Waals surface area contributed by atoms with Crippen LogP contribution < -0.4 is 5.32 Å². The summed E-state index contributed by atoms with van der Waals surface area (Å²) in [6.07, 6.45) is 3.99. The number of amides is 1. The number of fused-ring (bicyclic) bond motifs is 1. The summed E-state index contributed by atoms with van der Waals surface area (Å²) in [5.41, 5.74) is 2.57. The maximum atomic E-state index is 12.7. The van der Waals surface area contributed by atoms with Gasteiger partial charge < -0.3 is 14.5 Å². The fourth-order valence-corrected chi connectivity index (χ4v) is 3.65. The van der Waals surface area contributed by atoms with Gasteiger partial charge in [-0.1, -0.05) is 32.0 Å². The summed E-state index contributed by atoms with van der Waals surface area (Å²) >= 11 is 0. The third kappa shape index (κ3) is 3.57. The van der Waals surface area contributed by atoms with Crippen molar-refractivity contribution in [1.29, 1.82) is 0 Å². The van der Waals surface area contributed by atoms with Crippen LogP contribution in [0.25, 0.3) is 10.9 Å². The molecule has 6 nitrogen and oxygen atoms in total. The number of rotatable bonds is 5. The smallest absolute Gasteiger partial charge is 0.273 e. The van der Waals surface area contributed by atoms with Gasteiger partial charge in [0.2, 0.25) is 0 Å². The van der Waals surface area contributed by atoms with E-state index < -0.39 is 0 Å². The van der Waals surface area contributed by atoms with E-state index in [1.165, 1.54) is 12.0 Å². The van der Waals surface area contributed by atoms with Crippen molar-refractivity contribution in [1.82, 2.24) is 15.3 Å². The highest BCUT2D eigenvalue weighted by molar-refractivity contribution is 5.93. The predicted octanol–water partition coefficient (Wildman–Crippen LogP) is 3.33. The molecule has 1 N–H and O–H groups in total. The van der Waals surface area contributed by atoms with E-state index in [2.05, 4.69) is 21.4 Å². The summed E-state index contributed by atoms with van der Waals surface area (Å²) in [7, 11) is 0. The Labute approximate surface area is 158 Å². The monoisotopic (exact) mass is 365 g/mol. The predicted molar refractivity (Wildman–Crippen MR) is 102 cm³/mol. The van der Waals surface area contributed by atoms with Crippen LogP contribution in [0.5, 0.6) is 0 Å². The van der Waals surface area contributed by atoms with Gasteiger partial charge in [-0.3, -0.25) is 9.78 Å². The van der Waals surface area contributed by atoms with Crippen molar-refractivity contribution in [3.8, 4) is 0 Å². The molecule has 3 aromatic rings. The van der Waals surface area contributed by atoms with Crippen LogP contribution in [0, 0.1) is 5.92 Å². The van der Waals surface area contributed by atoms with Crippen LogP contribution in [0.2, 0.25) is 0 Å². The van der Waals surface area contributed by atoms with Crippen LogP contribution in [0.15, 0.2) is 47.3 Å². The van der Waals surface area contributed by atoms with E-state index in [0.717, 1.165) is 17.3 Å². The Hall–Kier alpha value is -2.73. The zero-order valence-electron chi connectivity index (χ0n) is 15.5. The second-order valence-electron chi connectivity index (χ2n) is 7.29. The summed E-state index contributed by atoms with van der Waals surface area (Å²) in [5, 5.41) is 4.24. The average Bonchev–Trinajstić information content (AvgIpc) is 3.32. The van der Waals surface area contributed by atoms with Crippen LogP contribution in [0.4, 0.5) is 0 Å². The summed E-state index contributed by atoms with van der Waals surface area (Å²) in [6.45, 7) is 5.09. The first-order valence-corrected chi connectivity index (χ1v) is 9.28. The summed E-state index contributed by atoms with van der Waals surface area (Å²) in [6, 6.07) is 10.1. The van der Waals surface area contributed by atoms with E-state index in [1.807, 2.05) is 44.3 Å². The number of nitrogens with one attached hydrogen (secondary N) is 1. The number of pyridine rings is 1. The first-order valence-electron chi connectivity index (χ1n) is 9.28. The number of hydrogen-bond acceptors (Lipinski definition) is 5. The molecule has 0 spiro atoms. The van der Waals surface area contributed by atoms with E-state index in [4.69, 9.17) is 9.15 Å². The second kappa shape index (κ2) is 7.48. The molecule has 1 amide bonds. The van der Waals surface area contributed by atoms with E-state index >= 15 is 0 Å². The van der Waals surface area contributed by atoms with Crippen LogP contribution in [0.3, 0.4) is 0 Å². The highest BCUT2D eigenvalue weighted by Crippen LogP contribution is 2.25. The first kappa shape index (κ1) is 17.7. The van der Waals surface area contributed by atoms with Crippen molar-refractivity contribution in [3.63, 3.8) is 0 Å². The minimum absolute atomic E-state index is 0.0545. The Morgan fingerprint density at radius 2 is 2.07 bits per heavy atom. The Morgan fingerprint density at radius 3 is 2.93 bits per heavy atom. The molecule has 0 radical (unpaired) electrons.